The second-order valence-corrected chi connectivity index (χ2v) is 6.38. The summed E-state index contributed by atoms with van der Waals surface area (Å²) >= 11 is 0. The maximum atomic E-state index is 12.7. The number of benzene rings is 1. The fourth-order valence-corrected chi connectivity index (χ4v) is 3.37. The molecule has 0 spiro atoms. The highest BCUT2D eigenvalue weighted by atomic mass is 16.7. The highest BCUT2D eigenvalue weighted by Crippen LogP contribution is 2.33. The molecule has 1 aromatic rings. The molecule has 0 radical (unpaired) electrons. The highest BCUT2D eigenvalue weighted by molar-refractivity contribution is 5.96. The molecule has 0 bridgehead atoms. The highest BCUT2D eigenvalue weighted by Gasteiger charge is 2.30. The van der Waals surface area contributed by atoms with Gasteiger partial charge in [-0.25, -0.2) is 4.79 Å². The van der Waals surface area contributed by atoms with Crippen molar-refractivity contribution < 1.29 is 19.0 Å². The number of rotatable bonds is 5. The Hall–Kier alpha value is -1.81. The summed E-state index contributed by atoms with van der Waals surface area (Å²) in [6, 6.07) is 9.75. The van der Waals surface area contributed by atoms with Crippen LogP contribution in [-0.2, 0) is 19.0 Å². The van der Waals surface area contributed by atoms with Gasteiger partial charge in [0, 0.05) is 18.6 Å². The van der Waals surface area contributed by atoms with E-state index in [1.807, 2.05) is 37.3 Å². The lowest BCUT2D eigenvalue weighted by atomic mass is 9.97. The molecule has 0 saturated heterocycles. The van der Waals surface area contributed by atoms with Crippen molar-refractivity contribution in [2.45, 2.75) is 64.3 Å². The first-order chi connectivity index (χ1) is 11.8. The lowest BCUT2D eigenvalue weighted by molar-refractivity contribution is -0.147. The Labute approximate surface area is 143 Å². The zero-order chi connectivity index (χ0) is 16.8. The molecule has 1 saturated carbocycles. The average molecular weight is 330 g/mol. The van der Waals surface area contributed by atoms with Crippen LogP contribution in [0.4, 0.5) is 0 Å². The van der Waals surface area contributed by atoms with Crippen LogP contribution < -0.4 is 0 Å². The molecule has 2 aliphatic rings. The van der Waals surface area contributed by atoms with Crippen LogP contribution in [0, 0.1) is 0 Å². The molecule has 1 aromatic carbocycles. The molecule has 0 amide bonds. The van der Waals surface area contributed by atoms with E-state index in [0.717, 1.165) is 31.2 Å². The van der Waals surface area contributed by atoms with Crippen LogP contribution in [0.15, 0.2) is 35.9 Å². The van der Waals surface area contributed by atoms with Crippen molar-refractivity contribution in [3.05, 3.63) is 41.5 Å². The molecule has 4 nitrogen and oxygen atoms in total. The van der Waals surface area contributed by atoms with E-state index in [-0.39, 0.29) is 18.4 Å². The van der Waals surface area contributed by atoms with Crippen LogP contribution in [0.5, 0.6) is 0 Å². The zero-order valence-corrected chi connectivity index (χ0v) is 14.3. The SMILES string of the molecule is CCOC1CCC(C(=O)OC2CCCCC2)=C(c2ccccc2)O1. The van der Waals surface area contributed by atoms with Gasteiger partial charge < -0.3 is 14.2 Å². The summed E-state index contributed by atoms with van der Waals surface area (Å²) in [4.78, 5) is 12.7. The standard InChI is InChI=1S/C20H26O4/c1-2-22-18-14-13-17(19(24-18)15-9-5-3-6-10-15)20(21)23-16-11-7-4-8-12-16/h3,5-6,9-10,16,18H,2,4,7-8,11-14H2,1H3. The summed E-state index contributed by atoms with van der Waals surface area (Å²) in [7, 11) is 0. The lowest BCUT2D eigenvalue weighted by Gasteiger charge is -2.29. The van der Waals surface area contributed by atoms with Gasteiger partial charge in [-0.1, -0.05) is 36.8 Å². The first kappa shape index (κ1) is 17.0. The first-order valence-corrected chi connectivity index (χ1v) is 9.05. The summed E-state index contributed by atoms with van der Waals surface area (Å²) in [5.41, 5.74) is 1.54. The monoisotopic (exact) mass is 330 g/mol. The molecule has 3 rings (SSSR count). The van der Waals surface area contributed by atoms with Gasteiger partial charge in [0.2, 0.25) is 0 Å². The molecule has 1 aliphatic heterocycles. The molecule has 130 valence electrons. The molecular formula is C20H26O4. The number of esters is 1. The predicted octanol–water partition coefficient (Wildman–Crippen LogP) is 4.45. The fourth-order valence-electron chi connectivity index (χ4n) is 3.37. The fraction of sp³-hybridized carbons (Fsp3) is 0.550. The zero-order valence-electron chi connectivity index (χ0n) is 14.3. The number of ether oxygens (including phenoxy) is 3. The number of hydrogen-bond acceptors (Lipinski definition) is 4. The summed E-state index contributed by atoms with van der Waals surface area (Å²) in [6.45, 7) is 2.54. The molecule has 1 unspecified atom stereocenters. The molecular weight excluding hydrogens is 304 g/mol. The second kappa shape index (κ2) is 8.34. The maximum Gasteiger partial charge on any atom is 0.338 e. The van der Waals surface area contributed by atoms with E-state index in [1.165, 1.54) is 6.42 Å². The van der Waals surface area contributed by atoms with Gasteiger partial charge >= 0.3 is 5.97 Å². The number of carbonyl (C=O) groups excluding carboxylic acids is 1. The van der Waals surface area contributed by atoms with Gasteiger partial charge in [-0.05, 0) is 39.0 Å². The smallest absolute Gasteiger partial charge is 0.338 e. The Bertz CT molecular complexity index is 573. The minimum Gasteiger partial charge on any atom is -0.464 e. The van der Waals surface area contributed by atoms with Crippen molar-refractivity contribution in [1.29, 1.82) is 0 Å². The Morgan fingerprint density at radius 2 is 1.88 bits per heavy atom. The summed E-state index contributed by atoms with van der Waals surface area (Å²) in [5, 5.41) is 0. The topological polar surface area (TPSA) is 44.8 Å². The Kier molecular flexibility index (Phi) is 5.91. The van der Waals surface area contributed by atoms with Crippen LogP contribution in [0.3, 0.4) is 0 Å². The van der Waals surface area contributed by atoms with Crippen LogP contribution in [-0.4, -0.2) is 25.0 Å². The molecule has 0 aromatic heterocycles. The van der Waals surface area contributed by atoms with E-state index in [1.54, 1.807) is 0 Å². The van der Waals surface area contributed by atoms with Crippen LogP contribution in [0.1, 0.15) is 57.4 Å². The normalized spacial score (nSPS) is 22.1. The molecule has 24 heavy (non-hydrogen) atoms. The van der Waals surface area contributed by atoms with E-state index < -0.39 is 0 Å². The third kappa shape index (κ3) is 4.18. The van der Waals surface area contributed by atoms with Crippen molar-refractivity contribution in [3.63, 3.8) is 0 Å². The van der Waals surface area contributed by atoms with Crippen molar-refractivity contribution in [1.82, 2.24) is 0 Å². The van der Waals surface area contributed by atoms with E-state index in [9.17, 15) is 4.79 Å². The number of carbonyl (C=O) groups is 1. The predicted molar refractivity (Wildman–Crippen MR) is 92.1 cm³/mol. The Morgan fingerprint density at radius 1 is 1.12 bits per heavy atom. The van der Waals surface area contributed by atoms with Crippen molar-refractivity contribution in [3.8, 4) is 0 Å². The summed E-state index contributed by atoms with van der Waals surface area (Å²) in [5.74, 6) is 0.386. The third-order valence-electron chi connectivity index (χ3n) is 4.61. The minimum absolute atomic E-state index is 0.0559. The van der Waals surface area contributed by atoms with Gasteiger partial charge in [0.15, 0.2) is 6.29 Å². The molecule has 1 fully saturated rings. The van der Waals surface area contributed by atoms with Crippen molar-refractivity contribution >= 4 is 11.7 Å². The molecule has 0 N–H and O–H groups in total. The van der Waals surface area contributed by atoms with Crippen LogP contribution >= 0.6 is 0 Å². The van der Waals surface area contributed by atoms with Gasteiger partial charge in [0.05, 0.1) is 5.57 Å². The maximum absolute atomic E-state index is 12.7. The quantitative estimate of drug-likeness (QED) is 0.748. The lowest BCUT2D eigenvalue weighted by Crippen LogP contribution is -2.27. The summed E-state index contributed by atoms with van der Waals surface area (Å²) in [6.07, 6.45) is 6.54. The van der Waals surface area contributed by atoms with Gasteiger partial charge in [0.25, 0.3) is 0 Å². The van der Waals surface area contributed by atoms with Gasteiger partial charge in [0.1, 0.15) is 11.9 Å². The van der Waals surface area contributed by atoms with Gasteiger partial charge in [-0.15, -0.1) is 0 Å². The third-order valence-corrected chi connectivity index (χ3v) is 4.61. The Morgan fingerprint density at radius 3 is 2.58 bits per heavy atom. The van der Waals surface area contributed by atoms with Crippen LogP contribution in [0.25, 0.3) is 5.76 Å². The van der Waals surface area contributed by atoms with E-state index in [4.69, 9.17) is 14.2 Å². The van der Waals surface area contributed by atoms with Crippen molar-refractivity contribution in [2.24, 2.45) is 0 Å². The molecule has 1 aliphatic carbocycles. The van der Waals surface area contributed by atoms with E-state index in [2.05, 4.69) is 0 Å². The minimum atomic E-state index is -0.295. The Balaban J connectivity index is 1.80. The summed E-state index contributed by atoms with van der Waals surface area (Å²) < 4.78 is 17.4. The number of hydrogen-bond donors (Lipinski definition) is 0. The van der Waals surface area contributed by atoms with Gasteiger partial charge in [-0.3, -0.25) is 0 Å². The van der Waals surface area contributed by atoms with Crippen LogP contribution in [0.2, 0.25) is 0 Å². The second-order valence-electron chi connectivity index (χ2n) is 6.38. The molecule has 1 atom stereocenters. The molecule has 1 heterocycles. The first-order valence-electron chi connectivity index (χ1n) is 9.05. The van der Waals surface area contributed by atoms with E-state index in [0.29, 0.717) is 30.8 Å². The largest absolute Gasteiger partial charge is 0.464 e. The van der Waals surface area contributed by atoms with Crippen molar-refractivity contribution in [2.75, 3.05) is 6.61 Å². The van der Waals surface area contributed by atoms with Gasteiger partial charge in [-0.2, -0.15) is 0 Å². The van der Waals surface area contributed by atoms with E-state index >= 15 is 0 Å². The molecule has 4 heteroatoms. The average Bonchev–Trinajstić information content (AvgIpc) is 2.63.